The van der Waals surface area contributed by atoms with Gasteiger partial charge in [-0.25, -0.2) is 0 Å². The van der Waals surface area contributed by atoms with Crippen molar-refractivity contribution in [2.24, 2.45) is 16.5 Å². The Morgan fingerprint density at radius 2 is 0.591 bits per heavy atom. The summed E-state index contributed by atoms with van der Waals surface area (Å²) in [4.78, 5) is 6.86. The van der Waals surface area contributed by atoms with Crippen molar-refractivity contribution in [3.63, 3.8) is 0 Å². The molecule has 0 radical (unpaired) electrons. The van der Waals surface area contributed by atoms with Crippen molar-refractivity contribution in [2.75, 3.05) is 26.2 Å². The third kappa shape index (κ3) is 39.5. The number of guanidine groups is 1. The Labute approximate surface area is 284 Å². The molecule has 266 valence electrons. The lowest BCUT2D eigenvalue weighted by molar-refractivity contribution is 0.267. The number of rotatable bonds is 37. The van der Waals surface area contributed by atoms with Gasteiger partial charge in [-0.15, -0.1) is 12.4 Å². The first-order valence-electron chi connectivity index (χ1n) is 20.0. The van der Waals surface area contributed by atoms with Crippen LogP contribution in [0.15, 0.2) is 4.99 Å². The fourth-order valence-electron chi connectivity index (χ4n) is 6.42. The first kappa shape index (κ1) is 45.6. The zero-order valence-electron chi connectivity index (χ0n) is 30.4. The summed E-state index contributed by atoms with van der Waals surface area (Å²) in [7, 11) is 0. The highest BCUT2D eigenvalue weighted by molar-refractivity contribution is 5.85. The first-order chi connectivity index (χ1) is 21.2. The van der Waals surface area contributed by atoms with Crippen LogP contribution in [-0.2, 0) is 0 Å². The standard InChI is InChI=1S/C39H82N4.ClH/c1-3-5-7-9-11-13-15-17-19-21-23-25-27-29-31-33-36-43(38-35-42-39(40)41)37-34-32-30-28-26-24-22-20-18-16-14-12-10-8-6-4-2;/h3-38H2,1-2H3,(H4,40,41,42);1H. The lowest BCUT2D eigenvalue weighted by atomic mass is 10.0. The molecule has 0 aliphatic carbocycles. The van der Waals surface area contributed by atoms with Gasteiger partial charge in [0.05, 0.1) is 6.54 Å². The maximum Gasteiger partial charge on any atom is 0.185 e. The summed E-state index contributed by atoms with van der Waals surface area (Å²) in [6.45, 7) is 8.75. The molecule has 0 heterocycles. The molecule has 0 fully saturated rings. The minimum Gasteiger partial charge on any atom is -0.370 e. The summed E-state index contributed by atoms with van der Waals surface area (Å²) in [6, 6.07) is 0. The maximum absolute atomic E-state index is 5.57. The number of unbranched alkanes of at least 4 members (excludes halogenated alkanes) is 30. The van der Waals surface area contributed by atoms with E-state index in [-0.39, 0.29) is 18.4 Å². The van der Waals surface area contributed by atoms with Crippen LogP contribution in [0.2, 0.25) is 0 Å². The van der Waals surface area contributed by atoms with Gasteiger partial charge in [-0.05, 0) is 25.9 Å². The first-order valence-corrected chi connectivity index (χ1v) is 20.0. The van der Waals surface area contributed by atoms with Crippen molar-refractivity contribution in [1.29, 1.82) is 0 Å². The third-order valence-corrected chi connectivity index (χ3v) is 9.37. The number of nitrogens with zero attached hydrogens (tertiary/aromatic N) is 2. The number of aliphatic imine (C=N–C) groups is 1. The van der Waals surface area contributed by atoms with E-state index in [9.17, 15) is 0 Å². The smallest absolute Gasteiger partial charge is 0.185 e. The predicted octanol–water partition coefficient (Wildman–Crippen LogP) is 12.5. The van der Waals surface area contributed by atoms with E-state index in [0.29, 0.717) is 0 Å². The normalized spacial score (nSPS) is 11.2. The van der Waals surface area contributed by atoms with Crippen molar-refractivity contribution in [3.8, 4) is 0 Å². The van der Waals surface area contributed by atoms with E-state index in [1.165, 1.54) is 219 Å². The van der Waals surface area contributed by atoms with Gasteiger partial charge in [0.1, 0.15) is 0 Å². The zero-order chi connectivity index (χ0) is 31.3. The Hall–Kier alpha value is -0.480. The van der Waals surface area contributed by atoms with Gasteiger partial charge in [-0.1, -0.05) is 206 Å². The fourth-order valence-corrected chi connectivity index (χ4v) is 6.42. The SMILES string of the molecule is CCCCCCCCCCCCCCCCCCN(CCCCCCCCCCCCCCCCCC)CCN=C(N)N.Cl. The van der Waals surface area contributed by atoms with E-state index in [4.69, 9.17) is 11.5 Å². The molecule has 0 unspecified atom stereocenters. The van der Waals surface area contributed by atoms with Crippen molar-refractivity contribution < 1.29 is 0 Å². The van der Waals surface area contributed by atoms with E-state index in [2.05, 4.69) is 23.7 Å². The molecule has 0 aromatic carbocycles. The Morgan fingerprint density at radius 1 is 0.364 bits per heavy atom. The molecule has 5 heteroatoms. The number of hydrogen-bond donors (Lipinski definition) is 2. The van der Waals surface area contributed by atoms with Gasteiger partial charge in [0.2, 0.25) is 0 Å². The van der Waals surface area contributed by atoms with Crippen molar-refractivity contribution in [1.82, 2.24) is 4.90 Å². The highest BCUT2D eigenvalue weighted by atomic mass is 35.5. The largest absolute Gasteiger partial charge is 0.370 e. The van der Waals surface area contributed by atoms with E-state index in [0.717, 1.165) is 13.1 Å². The molecule has 0 rings (SSSR count). The van der Waals surface area contributed by atoms with E-state index in [1.54, 1.807) is 0 Å². The molecule has 4 N–H and O–H groups in total. The minimum atomic E-state index is 0. The number of halogens is 1. The molecule has 0 aliphatic heterocycles. The topological polar surface area (TPSA) is 67.6 Å². The second-order valence-corrected chi connectivity index (χ2v) is 13.8. The van der Waals surface area contributed by atoms with Crippen molar-refractivity contribution in [2.45, 2.75) is 219 Å². The second kappa shape index (κ2) is 40.5. The summed E-state index contributed by atoms with van der Waals surface area (Å²) in [5, 5.41) is 0. The molecule has 0 aromatic rings. The Morgan fingerprint density at radius 3 is 0.818 bits per heavy atom. The number of nitrogens with two attached hydrogens (primary N) is 2. The maximum atomic E-state index is 5.57. The Bertz CT molecular complexity index is 502. The minimum absolute atomic E-state index is 0. The molecular weight excluding hydrogens is 560 g/mol. The van der Waals surface area contributed by atoms with Crippen LogP contribution in [0.25, 0.3) is 0 Å². The van der Waals surface area contributed by atoms with Gasteiger partial charge in [-0.2, -0.15) is 0 Å². The molecule has 0 saturated heterocycles. The quantitative estimate of drug-likeness (QED) is 0.0402. The van der Waals surface area contributed by atoms with Crippen LogP contribution in [-0.4, -0.2) is 37.0 Å². The molecule has 0 spiro atoms. The number of hydrogen-bond acceptors (Lipinski definition) is 2. The molecule has 0 bridgehead atoms. The van der Waals surface area contributed by atoms with Gasteiger partial charge < -0.3 is 16.4 Å². The van der Waals surface area contributed by atoms with Crippen LogP contribution >= 0.6 is 12.4 Å². The van der Waals surface area contributed by atoms with Gasteiger partial charge in [0.25, 0.3) is 0 Å². The molecular formula is C39H83ClN4. The molecule has 0 atom stereocenters. The molecule has 0 saturated carbocycles. The summed E-state index contributed by atoms with van der Waals surface area (Å²) in [5.74, 6) is 0.227. The third-order valence-electron chi connectivity index (χ3n) is 9.37. The van der Waals surface area contributed by atoms with E-state index in [1.807, 2.05) is 0 Å². The fraction of sp³-hybridized carbons (Fsp3) is 0.974. The summed E-state index contributed by atoms with van der Waals surface area (Å²) >= 11 is 0. The lowest BCUT2D eigenvalue weighted by Crippen LogP contribution is -2.30. The summed E-state index contributed by atoms with van der Waals surface area (Å²) in [5.41, 5.74) is 11.1. The lowest BCUT2D eigenvalue weighted by Gasteiger charge is -2.21. The Balaban J connectivity index is 0. The van der Waals surface area contributed by atoms with Crippen LogP contribution < -0.4 is 11.5 Å². The molecule has 44 heavy (non-hydrogen) atoms. The van der Waals surface area contributed by atoms with Gasteiger partial charge in [0.15, 0.2) is 5.96 Å². The van der Waals surface area contributed by atoms with Crippen LogP contribution in [0.5, 0.6) is 0 Å². The highest BCUT2D eigenvalue weighted by Gasteiger charge is 2.05. The molecule has 0 amide bonds. The average molecular weight is 644 g/mol. The molecule has 0 aromatic heterocycles. The predicted molar refractivity (Wildman–Crippen MR) is 203 cm³/mol. The summed E-state index contributed by atoms with van der Waals surface area (Å²) < 4.78 is 0. The van der Waals surface area contributed by atoms with Crippen LogP contribution in [0.4, 0.5) is 0 Å². The van der Waals surface area contributed by atoms with Gasteiger partial charge in [-0.3, -0.25) is 4.99 Å². The zero-order valence-corrected chi connectivity index (χ0v) is 31.2. The van der Waals surface area contributed by atoms with Gasteiger partial charge in [0, 0.05) is 6.54 Å². The second-order valence-electron chi connectivity index (χ2n) is 13.8. The van der Waals surface area contributed by atoms with Crippen LogP contribution in [0, 0.1) is 0 Å². The highest BCUT2D eigenvalue weighted by Crippen LogP contribution is 2.15. The van der Waals surface area contributed by atoms with Crippen molar-refractivity contribution in [3.05, 3.63) is 0 Å². The Kier molecular flexibility index (Phi) is 42.1. The van der Waals surface area contributed by atoms with Crippen molar-refractivity contribution >= 4 is 18.4 Å². The summed E-state index contributed by atoms with van der Waals surface area (Å²) in [6.07, 6.45) is 45.7. The van der Waals surface area contributed by atoms with E-state index < -0.39 is 0 Å². The van der Waals surface area contributed by atoms with Crippen LogP contribution in [0.3, 0.4) is 0 Å². The monoisotopic (exact) mass is 643 g/mol. The van der Waals surface area contributed by atoms with Crippen LogP contribution in [0.1, 0.15) is 219 Å². The molecule has 0 aliphatic rings. The average Bonchev–Trinajstić information content (AvgIpc) is 3.00. The molecule has 4 nitrogen and oxygen atoms in total. The van der Waals surface area contributed by atoms with E-state index >= 15 is 0 Å². The van der Waals surface area contributed by atoms with Gasteiger partial charge >= 0.3 is 0 Å².